The van der Waals surface area contributed by atoms with Crippen LogP contribution in [-0.2, 0) is 16.4 Å². The zero-order valence-electron chi connectivity index (χ0n) is 19.2. The molecule has 34 heavy (non-hydrogen) atoms. The average molecular weight is 518 g/mol. The summed E-state index contributed by atoms with van der Waals surface area (Å²) in [5.41, 5.74) is 2.54. The van der Waals surface area contributed by atoms with E-state index in [0.29, 0.717) is 17.5 Å². The van der Waals surface area contributed by atoms with Crippen LogP contribution in [0.5, 0.6) is 0 Å². The van der Waals surface area contributed by atoms with Crippen LogP contribution < -0.4 is 10.6 Å². The summed E-state index contributed by atoms with van der Waals surface area (Å²) in [5.74, 6) is 3.07. The molecule has 1 aromatic heterocycles. The Morgan fingerprint density at radius 2 is 1.76 bits per heavy atom. The summed E-state index contributed by atoms with van der Waals surface area (Å²) in [6.07, 6.45) is 1.49. The molecule has 0 radical (unpaired) electrons. The summed E-state index contributed by atoms with van der Waals surface area (Å²) in [6.45, 7) is 6.51. The van der Waals surface area contributed by atoms with Crippen molar-refractivity contribution in [2.75, 3.05) is 35.2 Å². The lowest BCUT2D eigenvalue weighted by Gasteiger charge is -2.26. The maximum atomic E-state index is 12.8. The van der Waals surface area contributed by atoms with Crippen molar-refractivity contribution in [3.63, 3.8) is 0 Å². The third-order valence-corrected chi connectivity index (χ3v) is 8.96. The van der Waals surface area contributed by atoms with Crippen LogP contribution in [0.25, 0.3) is 0 Å². The van der Waals surface area contributed by atoms with E-state index in [2.05, 4.69) is 37.6 Å². The molecule has 7 nitrogen and oxygen atoms in total. The number of aromatic nitrogens is 2. The van der Waals surface area contributed by atoms with E-state index in [0.717, 1.165) is 25.3 Å². The molecule has 0 spiro atoms. The summed E-state index contributed by atoms with van der Waals surface area (Å²) in [5, 5.41) is 6.01. The smallest absolute Gasteiger partial charge is 0.229 e. The van der Waals surface area contributed by atoms with Gasteiger partial charge in [-0.2, -0.15) is 16.7 Å². The maximum absolute atomic E-state index is 12.8. The molecule has 0 unspecified atom stereocenters. The van der Waals surface area contributed by atoms with Crippen molar-refractivity contribution in [2.45, 2.75) is 30.5 Å². The lowest BCUT2D eigenvalue weighted by atomic mass is 10.2. The van der Waals surface area contributed by atoms with E-state index >= 15 is 0 Å². The highest BCUT2D eigenvalue weighted by Gasteiger charge is 2.23. The quantitative estimate of drug-likeness (QED) is 0.413. The maximum Gasteiger partial charge on any atom is 0.229 e. The fourth-order valence-corrected chi connectivity index (χ4v) is 5.87. The summed E-state index contributed by atoms with van der Waals surface area (Å²) < 4.78 is 25.5. The van der Waals surface area contributed by atoms with Crippen LogP contribution in [0.1, 0.15) is 19.4 Å². The van der Waals surface area contributed by atoms with Gasteiger partial charge >= 0.3 is 0 Å². The Hall–Kier alpha value is -2.33. The number of benzene rings is 2. The molecule has 180 valence electrons. The third-order valence-electron chi connectivity index (χ3n) is 5.53. The predicted octanol–water partition coefficient (Wildman–Crippen LogP) is 5.35. The SMILES string of the molecule is CC(C)S(=O)(=O)c1ccccc1Nc1nc(Nc2ccc(CN3CCSCC3)cc2)ncc1Cl. The van der Waals surface area contributed by atoms with E-state index < -0.39 is 15.1 Å². The second-order valence-electron chi connectivity index (χ2n) is 8.32. The van der Waals surface area contributed by atoms with Gasteiger partial charge in [-0.3, -0.25) is 4.90 Å². The first-order valence-corrected chi connectivity index (χ1v) is 14.2. The number of nitrogens with zero attached hydrogens (tertiary/aromatic N) is 3. The number of hydrogen-bond donors (Lipinski definition) is 2. The van der Waals surface area contributed by atoms with Crippen LogP contribution in [0.3, 0.4) is 0 Å². The highest BCUT2D eigenvalue weighted by molar-refractivity contribution is 7.99. The van der Waals surface area contributed by atoms with Crippen molar-refractivity contribution in [1.82, 2.24) is 14.9 Å². The van der Waals surface area contributed by atoms with Crippen molar-refractivity contribution in [2.24, 2.45) is 0 Å². The summed E-state index contributed by atoms with van der Waals surface area (Å²) in [7, 11) is -3.48. The summed E-state index contributed by atoms with van der Waals surface area (Å²) in [6, 6.07) is 14.9. The van der Waals surface area contributed by atoms with E-state index in [-0.39, 0.29) is 9.92 Å². The van der Waals surface area contributed by atoms with Crippen LogP contribution in [-0.4, -0.2) is 53.1 Å². The first-order chi connectivity index (χ1) is 16.3. The molecule has 0 atom stereocenters. The molecular weight excluding hydrogens is 490 g/mol. The molecule has 2 heterocycles. The first-order valence-electron chi connectivity index (χ1n) is 11.1. The van der Waals surface area contributed by atoms with E-state index in [1.807, 2.05) is 23.9 Å². The molecule has 2 aromatic carbocycles. The summed E-state index contributed by atoms with van der Waals surface area (Å²) >= 11 is 8.33. The number of thioether (sulfide) groups is 1. The normalized spacial score (nSPS) is 14.8. The number of para-hydroxylation sites is 1. The van der Waals surface area contributed by atoms with Crippen LogP contribution in [0.15, 0.2) is 59.6 Å². The van der Waals surface area contributed by atoms with Gasteiger partial charge in [-0.05, 0) is 43.7 Å². The van der Waals surface area contributed by atoms with Gasteiger partial charge in [0.2, 0.25) is 5.95 Å². The van der Waals surface area contributed by atoms with Gasteiger partial charge in [-0.25, -0.2) is 13.4 Å². The molecule has 2 N–H and O–H groups in total. The van der Waals surface area contributed by atoms with E-state index in [1.165, 1.54) is 23.3 Å². The van der Waals surface area contributed by atoms with Crippen molar-refractivity contribution >= 4 is 56.3 Å². The molecule has 1 aliphatic heterocycles. The zero-order chi connectivity index (χ0) is 24.1. The predicted molar refractivity (Wildman–Crippen MR) is 141 cm³/mol. The standard InChI is InChI=1S/C24H28ClN5O2S2/c1-17(2)34(31,32)22-6-4-3-5-21(22)28-23-20(25)15-26-24(29-23)27-19-9-7-18(8-10-19)16-30-11-13-33-14-12-30/h3-10,15,17H,11-14,16H2,1-2H3,(H2,26,27,28,29). The number of nitrogens with one attached hydrogen (secondary N) is 2. The highest BCUT2D eigenvalue weighted by Crippen LogP contribution is 2.30. The Morgan fingerprint density at radius 3 is 2.47 bits per heavy atom. The topological polar surface area (TPSA) is 87.2 Å². The highest BCUT2D eigenvalue weighted by atomic mass is 35.5. The third kappa shape index (κ3) is 6.02. The molecule has 10 heteroatoms. The Bertz CT molecular complexity index is 1230. The van der Waals surface area contributed by atoms with E-state index in [1.54, 1.807) is 38.1 Å². The van der Waals surface area contributed by atoms with E-state index in [4.69, 9.17) is 11.6 Å². The van der Waals surface area contributed by atoms with Crippen LogP contribution >= 0.6 is 23.4 Å². The molecule has 0 amide bonds. The molecular formula is C24H28ClN5O2S2. The molecule has 3 aromatic rings. The fraction of sp³-hybridized carbons (Fsp3) is 0.333. The average Bonchev–Trinajstić information content (AvgIpc) is 2.83. The van der Waals surface area contributed by atoms with Gasteiger partial charge in [0.05, 0.1) is 22.0 Å². The van der Waals surface area contributed by atoms with Gasteiger partial charge < -0.3 is 10.6 Å². The molecule has 0 aliphatic carbocycles. The minimum Gasteiger partial charge on any atom is -0.338 e. The van der Waals surface area contributed by atoms with Gasteiger partial charge in [0.25, 0.3) is 0 Å². The molecule has 4 rings (SSSR count). The molecule has 0 saturated carbocycles. The number of rotatable bonds is 8. The van der Waals surface area contributed by atoms with Crippen LogP contribution in [0.4, 0.5) is 23.1 Å². The second kappa shape index (κ2) is 10.9. The van der Waals surface area contributed by atoms with Gasteiger partial charge in [-0.15, -0.1) is 0 Å². The number of sulfone groups is 1. The van der Waals surface area contributed by atoms with Crippen molar-refractivity contribution < 1.29 is 8.42 Å². The van der Waals surface area contributed by atoms with Crippen molar-refractivity contribution in [3.05, 3.63) is 65.3 Å². The monoisotopic (exact) mass is 517 g/mol. The zero-order valence-corrected chi connectivity index (χ0v) is 21.6. The lowest BCUT2D eigenvalue weighted by molar-refractivity contribution is 0.294. The van der Waals surface area contributed by atoms with Gasteiger partial charge in [0.1, 0.15) is 5.02 Å². The Kier molecular flexibility index (Phi) is 7.98. The second-order valence-corrected chi connectivity index (χ2v) is 12.4. The molecule has 0 bridgehead atoms. The molecule has 1 fully saturated rings. The first kappa shape index (κ1) is 24.8. The van der Waals surface area contributed by atoms with Gasteiger partial charge in [-0.1, -0.05) is 35.9 Å². The van der Waals surface area contributed by atoms with Crippen LogP contribution in [0, 0.1) is 0 Å². The molecule has 1 saturated heterocycles. The lowest BCUT2D eigenvalue weighted by Crippen LogP contribution is -2.31. The number of anilines is 4. The van der Waals surface area contributed by atoms with Crippen molar-refractivity contribution in [1.29, 1.82) is 0 Å². The molecule has 1 aliphatic rings. The number of hydrogen-bond acceptors (Lipinski definition) is 8. The fourth-order valence-electron chi connectivity index (χ4n) is 3.55. The van der Waals surface area contributed by atoms with Crippen molar-refractivity contribution in [3.8, 4) is 0 Å². The number of halogens is 1. The van der Waals surface area contributed by atoms with Crippen LogP contribution in [0.2, 0.25) is 5.02 Å². The van der Waals surface area contributed by atoms with Gasteiger partial charge in [0.15, 0.2) is 15.7 Å². The summed E-state index contributed by atoms with van der Waals surface area (Å²) in [4.78, 5) is 11.4. The minimum absolute atomic E-state index is 0.206. The van der Waals surface area contributed by atoms with Gasteiger partial charge in [0, 0.05) is 36.8 Å². The Morgan fingerprint density at radius 1 is 1.06 bits per heavy atom. The largest absolute Gasteiger partial charge is 0.338 e. The Balaban J connectivity index is 1.49. The Labute approximate surface area is 210 Å². The minimum atomic E-state index is -3.48. The van der Waals surface area contributed by atoms with E-state index in [9.17, 15) is 8.42 Å².